The summed E-state index contributed by atoms with van der Waals surface area (Å²) >= 11 is 0. The van der Waals surface area contributed by atoms with Gasteiger partial charge in [0.05, 0.1) is 7.11 Å². The number of hydrogen-bond acceptors (Lipinski definition) is 3. The molecule has 3 atom stereocenters. The first-order chi connectivity index (χ1) is 8.99. The van der Waals surface area contributed by atoms with E-state index in [0.29, 0.717) is 12.3 Å². The minimum Gasteiger partial charge on any atom is -0.468 e. The van der Waals surface area contributed by atoms with E-state index in [1.165, 1.54) is 7.11 Å². The Morgan fingerprint density at radius 1 is 1.25 bits per heavy atom. The van der Waals surface area contributed by atoms with Gasteiger partial charge in [-0.05, 0) is 18.8 Å². The quantitative estimate of drug-likeness (QED) is 0.570. The molecular formula is C15H32NO3P. The lowest BCUT2D eigenvalue weighted by atomic mass is 10.1. The zero-order valence-electron chi connectivity index (χ0n) is 14.3. The van der Waals surface area contributed by atoms with E-state index in [0.717, 1.165) is 6.42 Å². The normalized spacial score (nSPS) is 18.4. The van der Waals surface area contributed by atoms with Crippen molar-refractivity contribution in [1.29, 1.82) is 0 Å². The highest BCUT2D eigenvalue weighted by atomic mass is 31.2. The van der Waals surface area contributed by atoms with E-state index >= 15 is 0 Å². The van der Waals surface area contributed by atoms with Gasteiger partial charge < -0.3 is 9.30 Å². The fourth-order valence-electron chi connectivity index (χ4n) is 2.29. The molecule has 0 aromatic heterocycles. The standard InChI is InChI=1S/C15H32NO3P/c1-9-12(4)20(18,15(5,6)7)16-13(10-11(2)3)14(17)19-8/h11-13H,9-10H2,1-8H3,(H,16,18)/t12?,13-,20-/m1/s1. The van der Waals surface area contributed by atoms with E-state index in [9.17, 15) is 9.36 Å². The van der Waals surface area contributed by atoms with Gasteiger partial charge in [0.25, 0.3) is 0 Å². The maximum atomic E-state index is 13.5. The lowest BCUT2D eigenvalue weighted by molar-refractivity contribution is -0.143. The molecule has 0 spiro atoms. The first kappa shape index (κ1) is 19.7. The Labute approximate surface area is 124 Å². The Morgan fingerprint density at radius 3 is 2.05 bits per heavy atom. The van der Waals surface area contributed by atoms with Crippen molar-refractivity contribution >= 4 is 13.3 Å². The predicted molar refractivity (Wildman–Crippen MR) is 85.5 cm³/mol. The summed E-state index contributed by atoms with van der Waals surface area (Å²) < 4.78 is 18.3. The van der Waals surface area contributed by atoms with Crippen LogP contribution in [0.1, 0.15) is 61.3 Å². The topological polar surface area (TPSA) is 55.4 Å². The van der Waals surface area contributed by atoms with E-state index < -0.39 is 13.3 Å². The molecule has 120 valence electrons. The molecule has 0 aromatic rings. The Kier molecular flexibility index (Phi) is 7.48. The molecule has 0 aliphatic rings. The van der Waals surface area contributed by atoms with Gasteiger partial charge in [-0.2, -0.15) is 0 Å². The number of carbonyl (C=O) groups is 1. The molecule has 0 bridgehead atoms. The molecule has 0 rings (SSSR count). The van der Waals surface area contributed by atoms with Crippen molar-refractivity contribution < 1.29 is 14.1 Å². The van der Waals surface area contributed by atoms with Crippen molar-refractivity contribution in [1.82, 2.24) is 5.09 Å². The molecule has 0 saturated heterocycles. The Morgan fingerprint density at radius 2 is 1.75 bits per heavy atom. The van der Waals surface area contributed by atoms with Crippen LogP contribution in [0.15, 0.2) is 0 Å². The fraction of sp³-hybridized carbons (Fsp3) is 0.933. The van der Waals surface area contributed by atoms with Gasteiger partial charge in [-0.1, -0.05) is 48.5 Å². The van der Waals surface area contributed by atoms with Crippen LogP contribution in [-0.2, 0) is 14.1 Å². The molecule has 4 nitrogen and oxygen atoms in total. The lowest BCUT2D eigenvalue weighted by Gasteiger charge is -2.38. The summed E-state index contributed by atoms with van der Waals surface area (Å²) in [5.74, 6) is 0.00318. The zero-order chi connectivity index (χ0) is 16.1. The maximum absolute atomic E-state index is 13.5. The second-order valence-corrected chi connectivity index (χ2v) is 10.7. The second kappa shape index (κ2) is 7.61. The number of ether oxygens (including phenoxy) is 1. The van der Waals surface area contributed by atoms with E-state index in [-0.39, 0.29) is 16.8 Å². The summed E-state index contributed by atoms with van der Waals surface area (Å²) in [6, 6.07) is -0.501. The van der Waals surface area contributed by atoms with Crippen molar-refractivity contribution in [2.45, 2.75) is 78.2 Å². The summed E-state index contributed by atoms with van der Waals surface area (Å²) in [7, 11) is -1.35. The first-order valence-electron chi connectivity index (χ1n) is 7.45. The molecule has 0 radical (unpaired) electrons. The Hall–Kier alpha value is -0.340. The maximum Gasteiger partial charge on any atom is 0.323 e. The van der Waals surface area contributed by atoms with Gasteiger partial charge in [0, 0.05) is 10.8 Å². The average molecular weight is 305 g/mol. The van der Waals surface area contributed by atoms with Crippen molar-refractivity contribution in [3.63, 3.8) is 0 Å². The van der Waals surface area contributed by atoms with Gasteiger partial charge in [-0.25, -0.2) is 0 Å². The fourth-order valence-corrected chi connectivity index (χ4v) is 5.44. The average Bonchev–Trinajstić information content (AvgIpc) is 2.33. The van der Waals surface area contributed by atoms with Gasteiger partial charge in [0.15, 0.2) is 7.29 Å². The molecule has 0 aliphatic heterocycles. The second-order valence-electron chi connectivity index (χ2n) is 6.92. The molecule has 0 aromatic carbocycles. The third-order valence-electron chi connectivity index (χ3n) is 3.75. The SMILES string of the molecule is CCC(C)[P@](=O)(N[C@H](CC(C)C)C(=O)OC)C(C)(C)C. The van der Waals surface area contributed by atoms with Gasteiger partial charge >= 0.3 is 5.97 Å². The van der Waals surface area contributed by atoms with E-state index in [1.54, 1.807) is 0 Å². The third-order valence-corrected chi connectivity index (χ3v) is 8.04. The molecule has 0 saturated carbocycles. The highest BCUT2D eigenvalue weighted by Crippen LogP contribution is 2.59. The van der Waals surface area contributed by atoms with E-state index in [4.69, 9.17) is 4.74 Å². The summed E-state index contributed by atoms with van der Waals surface area (Å²) in [5, 5.41) is 2.80. The number of rotatable bonds is 7. The molecule has 20 heavy (non-hydrogen) atoms. The third kappa shape index (κ3) is 4.89. The van der Waals surface area contributed by atoms with Crippen molar-refractivity contribution in [3.05, 3.63) is 0 Å². The van der Waals surface area contributed by atoms with Crippen LogP contribution in [0.3, 0.4) is 0 Å². The molecule has 0 amide bonds. The summed E-state index contributed by atoms with van der Waals surface area (Å²) in [4.78, 5) is 12.0. The monoisotopic (exact) mass is 305 g/mol. The van der Waals surface area contributed by atoms with Crippen LogP contribution < -0.4 is 5.09 Å². The Balaban J connectivity index is 5.40. The lowest BCUT2D eigenvalue weighted by Crippen LogP contribution is -2.43. The summed E-state index contributed by atoms with van der Waals surface area (Å²) in [5.41, 5.74) is 0.0295. The molecule has 1 N–H and O–H groups in total. The van der Waals surface area contributed by atoms with Crippen molar-refractivity contribution in [2.75, 3.05) is 7.11 Å². The number of hydrogen-bond donors (Lipinski definition) is 1. The van der Waals surface area contributed by atoms with Crippen molar-refractivity contribution in [2.24, 2.45) is 5.92 Å². The summed E-state index contributed by atoms with van der Waals surface area (Å²) in [6.07, 6.45) is 1.44. The van der Waals surface area contributed by atoms with E-state index in [2.05, 4.69) is 5.09 Å². The first-order valence-corrected chi connectivity index (χ1v) is 9.22. The van der Waals surface area contributed by atoms with Crippen molar-refractivity contribution in [3.8, 4) is 0 Å². The van der Waals surface area contributed by atoms with E-state index in [1.807, 2.05) is 48.5 Å². The molecule has 0 aliphatic carbocycles. The molecular weight excluding hydrogens is 273 g/mol. The molecule has 5 heteroatoms. The predicted octanol–water partition coefficient (Wildman–Crippen LogP) is 4.04. The molecule has 0 fully saturated rings. The minimum absolute atomic E-state index is 0.0295. The van der Waals surface area contributed by atoms with Gasteiger partial charge in [0.2, 0.25) is 0 Å². The highest BCUT2D eigenvalue weighted by molar-refractivity contribution is 7.64. The zero-order valence-corrected chi connectivity index (χ0v) is 15.2. The molecule has 1 unspecified atom stereocenters. The van der Waals surface area contributed by atoms with Crippen LogP contribution in [0, 0.1) is 5.92 Å². The van der Waals surface area contributed by atoms with Crippen LogP contribution in [0.25, 0.3) is 0 Å². The van der Waals surface area contributed by atoms with Crippen LogP contribution in [0.2, 0.25) is 0 Å². The highest BCUT2D eigenvalue weighted by Gasteiger charge is 2.43. The minimum atomic E-state index is -2.72. The summed E-state index contributed by atoms with van der Waals surface area (Å²) in [6.45, 7) is 14.0. The van der Waals surface area contributed by atoms with Crippen LogP contribution in [-0.4, -0.2) is 29.9 Å². The van der Waals surface area contributed by atoms with Gasteiger partial charge in [-0.3, -0.25) is 9.88 Å². The van der Waals surface area contributed by atoms with Gasteiger partial charge in [-0.15, -0.1) is 0 Å². The largest absolute Gasteiger partial charge is 0.468 e. The number of nitrogens with one attached hydrogen (secondary N) is 1. The van der Waals surface area contributed by atoms with Crippen LogP contribution in [0.4, 0.5) is 0 Å². The van der Waals surface area contributed by atoms with Gasteiger partial charge in [0.1, 0.15) is 6.04 Å². The number of esters is 1. The van der Waals surface area contributed by atoms with Crippen LogP contribution >= 0.6 is 7.29 Å². The van der Waals surface area contributed by atoms with Crippen LogP contribution in [0.5, 0.6) is 0 Å². The molecule has 0 heterocycles. The smallest absolute Gasteiger partial charge is 0.323 e. The number of carbonyl (C=O) groups excluding carboxylic acids is 1. The Bertz CT molecular complexity index is 361. The number of methoxy groups -OCH3 is 1.